The van der Waals surface area contributed by atoms with E-state index in [2.05, 4.69) is 17.6 Å². The summed E-state index contributed by atoms with van der Waals surface area (Å²) in [6, 6.07) is 11.9. The lowest BCUT2D eigenvalue weighted by molar-refractivity contribution is 0.0942. The number of halogens is 1. The molecule has 2 N–H and O–H groups in total. The highest BCUT2D eigenvalue weighted by Crippen LogP contribution is 2.33. The first-order valence-electron chi connectivity index (χ1n) is 9.89. The molecule has 0 atom stereocenters. The number of hydrogen-bond acceptors (Lipinski definition) is 4. The minimum Gasteiger partial charge on any atom is -0.380 e. The Morgan fingerprint density at radius 3 is 2.53 bits per heavy atom. The number of fused-ring (bicyclic) bond motifs is 1. The Bertz CT molecular complexity index is 1030. The molecule has 0 unspecified atom stereocenters. The van der Waals surface area contributed by atoms with E-state index in [1.165, 1.54) is 24.5 Å². The molecular weight excluding hydrogens is 403 g/mol. The fraction of sp³-hybridized carbons (Fsp3) is 0.304. The lowest BCUT2D eigenvalue weighted by Crippen LogP contribution is -2.25. The van der Waals surface area contributed by atoms with Gasteiger partial charge in [-0.3, -0.25) is 9.59 Å². The van der Waals surface area contributed by atoms with Crippen LogP contribution in [0.4, 0.5) is 4.39 Å². The molecule has 5 nitrogen and oxygen atoms in total. The third-order valence-electron chi connectivity index (χ3n) is 4.74. The van der Waals surface area contributed by atoms with Gasteiger partial charge in [0.15, 0.2) is 0 Å². The second-order valence-corrected chi connectivity index (χ2v) is 8.00. The number of amides is 2. The van der Waals surface area contributed by atoms with Crippen molar-refractivity contribution in [1.82, 2.24) is 10.6 Å². The molecule has 0 aliphatic rings. The van der Waals surface area contributed by atoms with Crippen molar-refractivity contribution in [3.05, 3.63) is 69.8 Å². The molecule has 3 rings (SSSR count). The highest BCUT2D eigenvalue weighted by atomic mass is 32.1. The third kappa shape index (κ3) is 5.04. The van der Waals surface area contributed by atoms with Crippen molar-refractivity contribution in [2.45, 2.75) is 32.9 Å². The van der Waals surface area contributed by atoms with Crippen LogP contribution >= 0.6 is 11.3 Å². The number of carbonyl (C=O) groups excluding carboxylic acids is 2. The quantitative estimate of drug-likeness (QED) is 0.488. The molecule has 0 saturated heterocycles. The minimum absolute atomic E-state index is 0.101. The first kappa shape index (κ1) is 21.9. The van der Waals surface area contributed by atoms with Crippen LogP contribution < -0.4 is 10.6 Å². The zero-order valence-electron chi connectivity index (χ0n) is 17.1. The lowest BCUT2D eigenvalue weighted by atomic mass is 10.1. The van der Waals surface area contributed by atoms with Gasteiger partial charge in [0.05, 0.1) is 11.5 Å². The molecule has 2 amide bonds. The summed E-state index contributed by atoms with van der Waals surface area (Å²) in [7, 11) is 1.52. The van der Waals surface area contributed by atoms with Gasteiger partial charge in [-0.05, 0) is 36.2 Å². The van der Waals surface area contributed by atoms with Crippen molar-refractivity contribution in [1.29, 1.82) is 0 Å². The highest BCUT2D eigenvalue weighted by molar-refractivity contribution is 7.21. The Morgan fingerprint density at radius 1 is 1.07 bits per heavy atom. The van der Waals surface area contributed by atoms with E-state index in [0.717, 1.165) is 18.4 Å². The molecule has 1 heterocycles. The predicted molar refractivity (Wildman–Crippen MR) is 117 cm³/mol. The third-order valence-corrected chi connectivity index (χ3v) is 5.94. The van der Waals surface area contributed by atoms with E-state index in [0.29, 0.717) is 39.2 Å². The van der Waals surface area contributed by atoms with Gasteiger partial charge in [-0.15, -0.1) is 11.3 Å². The van der Waals surface area contributed by atoms with Gasteiger partial charge in [0.2, 0.25) is 0 Å². The molecule has 0 fully saturated rings. The van der Waals surface area contributed by atoms with E-state index < -0.39 is 0 Å². The summed E-state index contributed by atoms with van der Waals surface area (Å²) >= 11 is 1.25. The van der Waals surface area contributed by atoms with Crippen molar-refractivity contribution >= 4 is 33.2 Å². The Kier molecular flexibility index (Phi) is 7.54. The maximum Gasteiger partial charge on any atom is 0.262 e. The summed E-state index contributed by atoms with van der Waals surface area (Å²) in [5.74, 6) is -0.734. The van der Waals surface area contributed by atoms with Crippen LogP contribution in [0.25, 0.3) is 10.1 Å². The monoisotopic (exact) mass is 428 g/mol. The summed E-state index contributed by atoms with van der Waals surface area (Å²) < 4.78 is 20.2. The average Bonchev–Trinajstić information content (AvgIpc) is 3.12. The number of ether oxygens (including phenoxy) is 1. The fourth-order valence-corrected chi connectivity index (χ4v) is 4.29. The van der Waals surface area contributed by atoms with Crippen molar-refractivity contribution in [2.75, 3.05) is 13.7 Å². The molecule has 0 saturated carbocycles. The highest BCUT2D eigenvalue weighted by Gasteiger charge is 2.20. The van der Waals surface area contributed by atoms with E-state index in [1.54, 1.807) is 24.3 Å². The van der Waals surface area contributed by atoms with E-state index in [1.807, 2.05) is 12.1 Å². The molecule has 3 aromatic rings. The minimum atomic E-state index is -0.359. The van der Waals surface area contributed by atoms with E-state index in [4.69, 9.17) is 4.74 Å². The van der Waals surface area contributed by atoms with Crippen LogP contribution in [0.1, 0.15) is 50.9 Å². The van der Waals surface area contributed by atoms with Crippen molar-refractivity contribution < 1.29 is 18.7 Å². The predicted octanol–water partition coefficient (Wildman–Crippen LogP) is 4.65. The van der Waals surface area contributed by atoms with Gasteiger partial charge in [-0.2, -0.15) is 0 Å². The molecule has 1 aromatic heterocycles. The van der Waals surface area contributed by atoms with E-state index in [9.17, 15) is 14.0 Å². The zero-order valence-corrected chi connectivity index (χ0v) is 17.9. The summed E-state index contributed by atoms with van der Waals surface area (Å²) in [5, 5.41) is 6.19. The van der Waals surface area contributed by atoms with Gasteiger partial charge >= 0.3 is 0 Å². The summed E-state index contributed by atoms with van der Waals surface area (Å²) in [4.78, 5) is 25.3. The molecule has 0 bridgehead atoms. The maximum atomic E-state index is 14.3. The van der Waals surface area contributed by atoms with Crippen molar-refractivity contribution in [2.24, 2.45) is 0 Å². The van der Waals surface area contributed by atoms with Crippen LogP contribution in [-0.2, 0) is 17.9 Å². The smallest absolute Gasteiger partial charge is 0.262 e. The molecule has 7 heteroatoms. The van der Waals surface area contributed by atoms with Crippen LogP contribution in [0.2, 0.25) is 0 Å². The van der Waals surface area contributed by atoms with Gasteiger partial charge < -0.3 is 15.4 Å². The molecule has 2 aromatic carbocycles. The van der Waals surface area contributed by atoms with Gasteiger partial charge in [0.1, 0.15) is 5.82 Å². The number of benzene rings is 2. The molecule has 158 valence electrons. The van der Waals surface area contributed by atoms with Crippen molar-refractivity contribution in [3.8, 4) is 0 Å². The number of unbranched alkanes of at least 4 members (excludes halogenated alkanes) is 1. The SMILES string of the molecule is CCCCNC(=O)c1ccc(CNC(=O)c2sc3cccc(F)c3c2COC)cc1. The number of rotatable bonds is 9. The van der Waals surface area contributed by atoms with Crippen LogP contribution in [0.3, 0.4) is 0 Å². The standard InChI is InChI=1S/C23H25FN2O3S/c1-3-4-12-25-22(27)16-10-8-15(9-11-16)13-26-23(28)21-17(14-29-2)20-18(24)6-5-7-19(20)30-21/h5-11H,3-4,12-14H2,1-2H3,(H,25,27)(H,26,28). The molecule has 30 heavy (non-hydrogen) atoms. The van der Waals surface area contributed by atoms with Crippen LogP contribution in [0, 0.1) is 5.82 Å². The van der Waals surface area contributed by atoms with Gasteiger partial charge in [-0.1, -0.05) is 31.5 Å². The number of thiophene rings is 1. The van der Waals surface area contributed by atoms with Crippen LogP contribution in [0.5, 0.6) is 0 Å². The second-order valence-electron chi connectivity index (χ2n) is 6.94. The van der Waals surface area contributed by atoms with Crippen molar-refractivity contribution in [3.63, 3.8) is 0 Å². The van der Waals surface area contributed by atoms with Gasteiger partial charge in [0, 0.05) is 41.4 Å². The average molecular weight is 429 g/mol. The second kappa shape index (κ2) is 10.3. The summed E-state index contributed by atoms with van der Waals surface area (Å²) in [6.45, 7) is 3.20. The Balaban J connectivity index is 1.68. The van der Waals surface area contributed by atoms with Crippen LogP contribution in [-0.4, -0.2) is 25.5 Å². The first-order chi connectivity index (χ1) is 14.5. The van der Waals surface area contributed by atoms with E-state index in [-0.39, 0.29) is 24.2 Å². The fourth-order valence-electron chi connectivity index (χ4n) is 3.15. The number of nitrogens with one attached hydrogen (secondary N) is 2. The molecule has 0 aliphatic heterocycles. The molecule has 0 radical (unpaired) electrons. The zero-order chi connectivity index (χ0) is 21.5. The molecule has 0 aliphatic carbocycles. The number of hydrogen-bond donors (Lipinski definition) is 2. The lowest BCUT2D eigenvalue weighted by Gasteiger charge is -2.08. The number of methoxy groups -OCH3 is 1. The first-order valence-corrected chi connectivity index (χ1v) is 10.7. The summed E-state index contributed by atoms with van der Waals surface area (Å²) in [5.41, 5.74) is 2.02. The van der Waals surface area contributed by atoms with E-state index >= 15 is 0 Å². The Labute approximate surface area is 179 Å². The Hall–Kier alpha value is -2.77. The van der Waals surface area contributed by atoms with Crippen LogP contribution in [0.15, 0.2) is 42.5 Å². The normalized spacial score (nSPS) is 10.9. The Morgan fingerprint density at radius 2 is 1.83 bits per heavy atom. The number of carbonyl (C=O) groups is 2. The maximum absolute atomic E-state index is 14.3. The molecular formula is C23H25FN2O3S. The van der Waals surface area contributed by atoms with Gasteiger partial charge in [-0.25, -0.2) is 4.39 Å². The summed E-state index contributed by atoms with van der Waals surface area (Å²) in [6.07, 6.45) is 1.97. The topological polar surface area (TPSA) is 67.4 Å². The largest absolute Gasteiger partial charge is 0.380 e. The molecule has 0 spiro atoms. The van der Waals surface area contributed by atoms with Gasteiger partial charge in [0.25, 0.3) is 11.8 Å².